The molecule has 3 heterocycles. The smallest absolute Gasteiger partial charge is 0.132 e. The van der Waals surface area contributed by atoms with Crippen LogP contribution < -0.4 is 5.32 Å². The Morgan fingerprint density at radius 3 is 2.88 bits per heavy atom. The molecular formula is C20H24N4. The number of aryl methyl sites for hydroxylation is 1. The molecule has 4 heteroatoms. The van der Waals surface area contributed by atoms with Crippen LogP contribution in [0.5, 0.6) is 0 Å². The van der Waals surface area contributed by atoms with Gasteiger partial charge in [-0.1, -0.05) is 30.3 Å². The minimum atomic E-state index is 0.446. The average Bonchev–Trinajstić information content (AvgIpc) is 3.08. The number of rotatable bonds is 4. The number of nitrogens with one attached hydrogen (secondary N) is 2. The first-order chi connectivity index (χ1) is 11.8. The third-order valence-electron chi connectivity index (χ3n) is 5.03. The van der Waals surface area contributed by atoms with Gasteiger partial charge < -0.3 is 10.3 Å². The maximum absolute atomic E-state index is 4.78. The standard InChI is InChI=1S/C20H24N4/c1-14-11-16(20-22-13-19-18(24-20)9-10-21-19)12-17(23-14)8-7-15-5-3-2-4-6-15/h2-6,9-10,13-14,16-17,21,23H,7-8,11-12H2,1H3. The van der Waals surface area contributed by atoms with Crippen molar-refractivity contribution in [2.24, 2.45) is 0 Å². The van der Waals surface area contributed by atoms with Crippen LogP contribution in [-0.2, 0) is 6.42 Å². The number of piperidine rings is 1. The summed E-state index contributed by atoms with van der Waals surface area (Å²) < 4.78 is 0. The van der Waals surface area contributed by atoms with Gasteiger partial charge in [0.05, 0.1) is 17.2 Å². The molecule has 4 rings (SSSR count). The van der Waals surface area contributed by atoms with Gasteiger partial charge in [0.2, 0.25) is 0 Å². The lowest BCUT2D eigenvalue weighted by Crippen LogP contribution is -2.43. The van der Waals surface area contributed by atoms with E-state index >= 15 is 0 Å². The molecule has 1 saturated heterocycles. The topological polar surface area (TPSA) is 53.6 Å². The fourth-order valence-corrected chi connectivity index (χ4v) is 3.86. The predicted molar refractivity (Wildman–Crippen MR) is 97.0 cm³/mol. The molecule has 4 nitrogen and oxygen atoms in total. The van der Waals surface area contributed by atoms with Crippen molar-refractivity contribution in [3.63, 3.8) is 0 Å². The minimum absolute atomic E-state index is 0.446. The van der Waals surface area contributed by atoms with E-state index < -0.39 is 0 Å². The number of fused-ring (bicyclic) bond motifs is 1. The highest BCUT2D eigenvalue weighted by Crippen LogP contribution is 2.30. The van der Waals surface area contributed by atoms with Crippen LogP contribution in [0.2, 0.25) is 0 Å². The van der Waals surface area contributed by atoms with Gasteiger partial charge in [0.1, 0.15) is 5.82 Å². The number of hydrogen-bond donors (Lipinski definition) is 2. The molecule has 1 aliphatic rings. The van der Waals surface area contributed by atoms with Crippen LogP contribution in [0.25, 0.3) is 11.0 Å². The summed E-state index contributed by atoms with van der Waals surface area (Å²) in [7, 11) is 0. The quantitative estimate of drug-likeness (QED) is 0.768. The fourth-order valence-electron chi connectivity index (χ4n) is 3.86. The minimum Gasteiger partial charge on any atom is -0.359 e. The molecule has 1 aromatic carbocycles. The summed E-state index contributed by atoms with van der Waals surface area (Å²) in [6.45, 7) is 2.27. The molecule has 3 unspecified atom stereocenters. The zero-order valence-corrected chi connectivity index (χ0v) is 14.1. The van der Waals surface area contributed by atoms with Crippen molar-refractivity contribution in [2.45, 2.75) is 50.6 Å². The number of hydrogen-bond acceptors (Lipinski definition) is 3. The largest absolute Gasteiger partial charge is 0.359 e. The number of benzene rings is 1. The van der Waals surface area contributed by atoms with E-state index in [0.29, 0.717) is 18.0 Å². The molecule has 1 aliphatic heterocycles. The van der Waals surface area contributed by atoms with E-state index in [4.69, 9.17) is 4.98 Å². The molecular weight excluding hydrogens is 296 g/mol. The summed E-state index contributed by atoms with van der Waals surface area (Å²) in [4.78, 5) is 12.6. The van der Waals surface area contributed by atoms with E-state index in [0.717, 1.165) is 42.5 Å². The molecule has 0 radical (unpaired) electrons. The number of aromatic nitrogens is 3. The highest BCUT2D eigenvalue weighted by atomic mass is 15.0. The lowest BCUT2D eigenvalue weighted by Gasteiger charge is -2.34. The molecule has 24 heavy (non-hydrogen) atoms. The highest BCUT2D eigenvalue weighted by molar-refractivity contribution is 5.73. The van der Waals surface area contributed by atoms with E-state index in [9.17, 15) is 0 Å². The van der Waals surface area contributed by atoms with Crippen LogP contribution in [0.4, 0.5) is 0 Å². The van der Waals surface area contributed by atoms with Gasteiger partial charge in [-0.15, -0.1) is 0 Å². The zero-order chi connectivity index (χ0) is 16.4. The summed E-state index contributed by atoms with van der Waals surface area (Å²) in [6.07, 6.45) is 8.36. The van der Waals surface area contributed by atoms with Crippen molar-refractivity contribution < 1.29 is 0 Å². The van der Waals surface area contributed by atoms with Crippen LogP contribution in [-0.4, -0.2) is 27.0 Å². The first kappa shape index (κ1) is 15.3. The van der Waals surface area contributed by atoms with Gasteiger partial charge in [-0.3, -0.25) is 0 Å². The van der Waals surface area contributed by atoms with Gasteiger partial charge in [-0.25, -0.2) is 9.97 Å². The Kier molecular flexibility index (Phi) is 4.30. The third-order valence-corrected chi connectivity index (χ3v) is 5.03. The van der Waals surface area contributed by atoms with Crippen LogP contribution in [0, 0.1) is 0 Å². The van der Waals surface area contributed by atoms with Gasteiger partial charge >= 0.3 is 0 Å². The van der Waals surface area contributed by atoms with E-state index in [1.807, 2.05) is 18.5 Å². The second-order valence-corrected chi connectivity index (χ2v) is 6.96. The monoisotopic (exact) mass is 320 g/mol. The van der Waals surface area contributed by atoms with Crippen LogP contribution in [0.3, 0.4) is 0 Å². The normalized spacial score (nSPS) is 24.3. The Morgan fingerprint density at radius 2 is 2.00 bits per heavy atom. The van der Waals surface area contributed by atoms with E-state index in [2.05, 4.69) is 52.5 Å². The van der Waals surface area contributed by atoms with Gasteiger partial charge in [0, 0.05) is 24.2 Å². The van der Waals surface area contributed by atoms with Crippen LogP contribution >= 0.6 is 0 Å². The fraction of sp³-hybridized carbons (Fsp3) is 0.400. The number of aromatic amines is 1. The molecule has 0 amide bonds. The average molecular weight is 320 g/mol. The SMILES string of the molecule is CC1CC(c2ncc3[nH]ccc3n2)CC(CCc2ccccc2)N1. The summed E-state index contributed by atoms with van der Waals surface area (Å²) in [5, 5.41) is 3.76. The molecule has 0 bridgehead atoms. The van der Waals surface area contributed by atoms with Gasteiger partial charge in [-0.05, 0) is 44.2 Å². The summed E-state index contributed by atoms with van der Waals surface area (Å²) in [5.74, 6) is 1.45. The third kappa shape index (κ3) is 3.34. The van der Waals surface area contributed by atoms with Crippen molar-refractivity contribution in [1.29, 1.82) is 0 Å². The molecule has 2 N–H and O–H groups in total. The van der Waals surface area contributed by atoms with E-state index in [-0.39, 0.29) is 0 Å². The van der Waals surface area contributed by atoms with Crippen molar-refractivity contribution in [1.82, 2.24) is 20.3 Å². The van der Waals surface area contributed by atoms with Crippen LogP contribution in [0.1, 0.15) is 43.5 Å². The Bertz CT molecular complexity index is 796. The maximum Gasteiger partial charge on any atom is 0.132 e. The first-order valence-corrected chi connectivity index (χ1v) is 8.88. The number of H-pyrrole nitrogens is 1. The Morgan fingerprint density at radius 1 is 1.12 bits per heavy atom. The molecule has 1 fully saturated rings. The first-order valence-electron chi connectivity index (χ1n) is 8.88. The molecule has 3 atom stereocenters. The molecule has 0 spiro atoms. The number of nitrogens with zero attached hydrogens (tertiary/aromatic N) is 2. The lowest BCUT2D eigenvalue weighted by molar-refractivity contribution is 0.285. The van der Waals surface area contributed by atoms with E-state index in [1.54, 1.807) is 0 Å². The molecule has 3 aromatic rings. The zero-order valence-electron chi connectivity index (χ0n) is 14.1. The summed E-state index contributed by atoms with van der Waals surface area (Å²) >= 11 is 0. The molecule has 124 valence electrons. The van der Waals surface area contributed by atoms with Crippen molar-refractivity contribution >= 4 is 11.0 Å². The maximum atomic E-state index is 4.78. The molecule has 0 saturated carbocycles. The predicted octanol–water partition coefficient (Wildman–Crippen LogP) is 3.81. The molecule has 2 aromatic heterocycles. The highest BCUT2D eigenvalue weighted by Gasteiger charge is 2.28. The van der Waals surface area contributed by atoms with E-state index in [1.165, 1.54) is 5.56 Å². The summed E-state index contributed by atoms with van der Waals surface area (Å²) in [5.41, 5.74) is 3.45. The van der Waals surface area contributed by atoms with Crippen molar-refractivity contribution in [3.05, 3.63) is 60.2 Å². The Hall–Kier alpha value is -2.20. The van der Waals surface area contributed by atoms with Crippen molar-refractivity contribution in [2.75, 3.05) is 0 Å². The summed E-state index contributed by atoms with van der Waals surface area (Å²) in [6, 6.07) is 13.8. The van der Waals surface area contributed by atoms with Crippen LogP contribution in [0.15, 0.2) is 48.8 Å². The van der Waals surface area contributed by atoms with Crippen molar-refractivity contribution in [3.8, 4) is 0 Å². The van der Waals surface area contributed by atoms with Gasteiger partial charge in [-0.2, -0.15) is 0 Å². The second-order valence-electron chi connectivity index (χ2n) is 6.96. The molecule has 0 aliphatic carbocycles. The Labute approximate surface area is 142 Å². The second kappa shape index (κ2) is 6.73. The van der Waals surface area contributed by atoms with Gasteiger partial charge in [0.15, 0.2) is 0 Å². The van der Waals surface area contributed by atoms with Gasteiger partial charge in [0.25, 0.3) is 0 Å². The lowest BCUT2D eigenvalue weighted by atomic mass is 9.85. The Balaban J connectivity index is 1.46.